The Hall–Kier alpha value is -2.05. The van der Waals surface area contributed by atoms with Crippen molar-refractivity contribution < 1.29 is 9.53 Å². The summed E-state index contributed by atoms with van der Waals surface area (Å²) in [5.74, 6) is -0.464. The highest BCUT2D eigenvalue weighted by Gasteiger charge is 2.22. The summed E-state index contributed by atoms with van der Waals surface area (Å²) in [7, 11) is 0. The Kier molecular flexibility index (Phi) is 18.5. The maximum atomic E-state index is 11.7. The molecule has 2 atom stereocenters. The molecule has 1 aromatic rings. The molecule has 1 saturated heterocycles. The second-order valence-electron chi connectivity index (χ2n) is 11.3. The maximum absolute atomic E-state index is 11.7. The first-order chi connectivity index (χ1) is 19.1. The van der Waals surface area contributed by atoms with Crippen LogP contribution in [0, 0.1) is 4.91 Å². The maximum Gasteiger partial charge on any atom is 0.241 e. The molecule has 1 aromatic carbocycles. The van der Waals surface area contributed by atoms with Gasteiger partial charge in [0.1, 0.15) is 0 Å². The van der Waals surface area contributed by atoms with Crippen LogP contribution in [0.15, 0.2) is 35.5 Å². The zero-order chi connectivity index (χ0) is 28.0. The summed E-state index contributed by atoms with van der Waals surface area (Å²) in [6.07, 6.45) is 24.4. The van der Waals surface area contributed by atoms with Gasteiger partial charge in [-0.3, -0.25) is 4.79 Å². The average Bonchev–Trinajstić information content (AvgIpc) is 2.94. The number of nitrogens with zero attached hydrogens (tertiary/aromatic N) is 2. The van der Waals surface area contributed by atoms with Gasteiger partial charge in [-0.15, -0.1) is 4.91 Å². The summed E-state index contributed by atoms with van der Waals surface area (Å²) in [5, 5.41) is 3.37. The van der Waals surface area contributed by atoms with Crippen LogP contribution in [0.5, 0.6) is 0 Å². The number of carbonyl (C=O) groups excluding carboxylic acids is 1. The van der Waals surface area contributed by atoms with Gasteiger partial charge in [0.25, 0.3) is 0 Å². The fraction of sp³-hybridized carbons (Fsp3) is 0.727. The number of hydrogen-bond acceptors (Lipinski definition) is 5. The summed E-state index contributed by atoms with van der Waals surface area (Å²) in [4.78, 5) is 25.5. The lowest BCUT2D eigenvalue weighted by Gasteiger charge is -2.31. The number of benzene rings is 1. The van der Waals surface area contributed by atoms with Crippen molar-refractivity contribution in [2.45, 2.75) is 135 Å². The third-order valence-corrected chi connectivity index (χ3v) is 7.86. The molecule has 220 valence electrons. The van der Waals surface area contributed by atoms with E-state index in [-0.39, 0.29) is 6.10 Å². The summed E-state index contributed by atoms with van der Waals surface area (Å²) in [5.41, 5.74) is 7.36. The van der Waals surface area contributed by atoms with Crippen LogP contribution in [-0.2, 0) is 16.0 Å². The van der Waals surface area contributed by atoms with Gasteiger partial charge < -0.3 is 15.4 Å². The topological polar surface area (TPSA) is 85.0 Å². The number of rotatable bonds is 23. The molecule has 2 unspecified atom stereocenters. The standard InChI is InChI=1S/C33H55N3O3/c1-2-3-4-5-6-7-8-9-10-11-12-13-15-22-33(35-38)39-31(28-36-25-18-14-19-26-36)27-30-21-17-16-20-29(30)23-24-32(34)37/h16-17,20-21,23-24,31,33H,2-15,18-19,22,25-28H2,1H3,(H2,34,37). The van der Waals surface area contributed by atoms with Gasteiger partial charge in [-0.2, -0.15) is 0 Å². The summed E-state index contributed by atoms with van der Waals surface area (Å²) >= 11 is 0. The first-order valence-electron chi connectivity index (χ1n) is 15.9. The molecule has 1 aliphatic heterocycles. The van der Waals surface area contributed by atoms with Crippen molar-refractivity contribution in [2.75, 3.05) is 19.6 Å². The van der Waals surface area contributed by atoms with Gasteiger partial charge in [0, 0.05) is 19.0 Å². The van der Waals surface area contributed by atoms with E-state index < -0.39 is 12.1 Å². The first kappa shape index (κ1) is 33.2. The molecule has 1 heterocycles. The number of nitroso groups, excluding NO2 is 1. The van der Waals surface area contributed by atoms with E-state index in [0.29, 0.717) is 12.8 Å². The molecule has 1 fully saturated rings. The fourth-order valence-corrected chi connectivity index (χ4v) is 5.59. The predicted octanol–water partition coefficient (Wildman–Crippen LogP) is 8.17. The van der Waals surface area contributed by atoms with E-state index in [9.17, 15) is 9.70 Å². The predicted molar refractivity (Wildman–Crippen MR) is 163 cm³/mol. The number of unbranched alkanes of at least 4 members (excludes halogenated alkanes) is 12. The van der Waals surface area contributed by atoms with Crippen molar-refractivity contribution in [1.29, 1.82) is 0 Å². The Morgan fingerprint density at radius 2 is 1.51 bits per heavy atom. The molecule has 2 rings (SSSR count). The van der Waals surface area contributed by atoms with Crippen molar-refractivity contribution in [3.05, 3.63) is 46.4 Å². The summed E-state index contributed by atoms with van der Waals surface area (Å²) in [6.45, 7) is 5.20. The minimum Gasteiger partial charge on any atom is -0.366 e. The van der Waals surface area contributed by atoms with Crippen molar-refractivity contribution in [3.63, 3.8) is 0 Å². The second kappa shape index (κ2) is 21.7. The number of likely N-dealkylation sites (tertiary alicyclic amines) is 1. The molecule has 0 radical (unpaired) electrons. The van der Waals surface area contributed by atoms with E-state index in [0.717, 1.165) is 43.6 Å². The van der Waals surface area contributed by atoms with E-state index in [1.54, 1.807) is 6.08 Å². The smallest absolute Gasteiger partial charge is 0.241 e. The fourth-order valence-electron chi connectivity index (χ4n) is 5.59. The van der Waals surface area contributed by atoms with Crippen LogP contribution in [0.2, 0.25) is 0 Å². The Labute approximate surface area is 238 Å². The van der Waals surface area contributed by atoms with Crippen LogP contribution in [0.1, 0.15) is 127 Å². The van der Waals surface area contributed by atoms with E-state index in [1.165, 1.54) is 96.0 Å². The van der Waals surface area contributed by atoms with Crippen LogP contribution >= 0.6 is 0 Å². The molecule has 0 aliphatic carbocycles. The van der Waals surface area contributed by atoms with Gasteiger partial charge in [0.15, 0.2) is 6.23 Å². The highest BCUT2D eigenvalue weighted by atomic mass is 16.5. The number of hydrogen-bond donors (Lipinski definition) is 1. The van der Waals surface area contributed by atoms with Crippen LogP contribution in [-0.4, -0.2) is 42.8 Å². The Morgan fingerprint density at radius 1 is 0.923 bits per heavy atom. The Morgan fingerprint density at radius 3 is 2.10 bits per heavy atom. The summed E-state index contributed by atoms with van der Waals surface area (Å²) < 4.78 is 6.36. The van der Waals surface area contributed by atoms with Gasteiger partial charge in [-0.1, -0.05) is 115 Å². The highest BCUT2D eigenvalue weighted by molar-refractivity contribution is 5.90. The van der Waals surface area contributed by atoms with Gasteiger partial charge in [-0.05, 0) is 61.2 Å². The van der Waals surface area contributed by atoms with Crippen molar-refractivity contribution in [1.82, 2.24) is 4.90 Å². The SMILES string of the molecule is CCCCCCCCCCCCCCCC(N=O)OC(Cc1ccccc1C=CC(N)=O)CN1CCCCC1. The second-order valence-corrected chi connectivity index (χ2v) is 11.3. The normalized spacial score (nSPS) is 15.9. The third kappa shape index (κ3) is 16.0. The molecule has 6 heteroatoms. The van der Waals surface area contributed by atoms with Crippen molar-refractivity contribution in [3.8, 4) is 0 Å². The van der Waals surface area contributed by atoms with E-state index in [1.807, 2.05) is 18.2 Å². The summed E-state index contributed by atoms with van der Waals surface area (Å²) in [6, 6.07) is 7.99. The van der Waals surface area contributed by atoms with Crippen LogP contribution < -0.4 is 5.73 Å². The quantitative estimate of drug-likeness (QED) is 0.0860. The number of carbonyl (C=O) groups is 1. The van der Waals surface area contributed by atoms with Crippen LogP contribution in [0.3, 0.4) is 0 Å². The lowest BCUT2D eigenvalue weighted by Crippen LogP contribution is -2.39. The zero-order valence-corrected chi connectivity index (χ0v) is 24.7. The van der Waals surface area contributed by atoms with Gasteiger partial charge >= 0.3 is 0 Å². The zero-order valence-electron chi connectivity index (χ0n) is 24.7. The van der Waals surface area contributed by atoms with Crippen LogP contribution in [0.4, 0.5) is 0 Å². The molecule has 6 nitrogen and oxygen atoms in total. The van der Waals surface area contributed by atoms with Gasteiger partial charge in [-0.25, -0.2) is 0 Å². The van der Waals surface area contributed by atoms with Crippen LogP contribution in [0.25, 0.3) is 6.08 Å². The molecule has 0 aromatic heterocycles. The molecule has 1 aliphatic rings. The van der Waals surface area contributed by atoms with Gasteiger partial charge in [0.05, 0.1) is 6.10 Å². The van der Waals surface area contributed by atoms with Crippen molar-refractivity contribution in [2.24, 2.45) is 10.9 Å². The van der Waals surface area contributed by atoms with E-state index >= 15 is 0 Å². The average molecular weight is 542 g/mol. The highest BCUT2D eigenvalue weighted by Crippen LogP contribution is 2.20. The minimum absolute atomic E-state index is 0.129. The number of ether oxygens (including phenoxy) is 1. The monoisotopic (exact) mass is 541 g/mol. The molecule has 0 bridgehead atoms. The van der Waals surface area contributed by atoms with E-state index in [2.05, 4.69) is 23.1 Å². The lowest BCUT2D eigenvalue weighted by atomic mass is 10.00. The Balaban J connectivity index is 1.76. The number of nitrogens with two attached hydrogens (primary N) is 1. The molecule has 1 amide bonds. The number of primary amides is 1. The molecular formula is C33H55N3O3. The Bertz CT molecular complexity index is 807. The molecule has 2 N–H and O–H groups in total. The number of amides is 1. The van der Waals surface area contributed by atoms with E-state index in [4.69, 9.17) is 10.5 Å². The first-order valence-corrected chi connectivity index (χ1v) is 15.9. The lowest BCUT2D eigenvalue weighted by molar-refractivity contribution is -0.113. The largest absolute Gasteiger partial charge is 0.366 e. The van der Waals surface area contributed by atoms with Gasteiger partial charge in [0.2, 0.25) is 5.91 Å². The number of piperidine rings is 1. The van der Waals surface area contributed by atoms with Crippen molar-refractivity contribution >= 4 is 12.0 Å². The molecular weight excluding hydrogens is 486 g/mol. The molecule has 39 heavy (non-hydrogen) atoms. The third-order valence-electron chi connectivity index (χ3n) is 7.86. The molecule has 0 spiro atoms. The minimum atomic E-state index is -0.610. The molecule has 0 saturated carbocycles.